The lowest BCUT2D eigenvalue weighted by molar-refractivity contribution is -0.142. The van der Waals surface area contributed by atoms with E-state index in [4.69, 9.17) is 0 Å². The molecule has 10 nitrogen and oxygen atoms in total. The first-order valence-corrected chi connectivity index (χ1v) is 12.3. The molecule has 3 amide bonds. The fourth-order valence-corrected chi connectivity index (χ4v) is 5.48. The van der Waals surface area contributed by atoms with Crippen molar-refractivity contribution in [3.63, 3.8) is 0 Å². The van der Waals surface area contributed by atoms with Crippen LogP contribution >= 0.6 is 0 Å². The number of benzene rings is 2. The predicted octanol–water partition coefficient (Wildman–Crippen LogP) is 1.15. The summed E-state index contributed by atoms with van der Waals surface area (Å²) in [6, 6.07) is 13.9. The molecule has 0 unspecified atom stereocenters. The van der Waals surface area contributed by atoms with Gasteiger partial charge < -0.3 is 21.1 Å². The van der Waals surface area contributed by atoms with E-state index in [1.807, 2.05) is 37.3 Å². The average molecular weight is 489 g/mol. The predicted molar refractivity (Wildman–Crippen MR) is 124 cm³/mol. The van der Waals surface area contributed by atoms with Crippen molar-refractivity contribution in [3.8, 4) is 0 Å². The highest BCUT2D eigenvalue weighted by Crippen LogP contribution is 2.29. The third-order valence-electron chi connectivity index (χ3n) is 5.49. The van der Waals surface area contributed by atoms with Crippen LogP contribution in [0.4, 0.5) is 4.79 Å². The first kappa shape index (κ1) is 25.2. The molecule has 1 aliphatic heterocycles. The molecule has 11 heteroatoms. The van der Waals surface area contributed by atoms with Gasteiger partial charge in [-0.15, -0.1) is 0 Å². The molecule has 2 aromatic carbocycles. The summed E-state index contributed by atoms with van der Waals surface area (Å²) in [4.78, 5) is 36.7. The summed E-state index contributed by atoms with van der Waals surface area (Å²) in [6.07, 6.45) is 0.259. The summed E-state index contributed by atoms with van der Waals surface area (Å²) in [5.74, 6) is -2.15. The molecule has 0 saturated carbocycles. The fourth-order valence-electron chi connectivity index (χ4n) is 3.74. The smallest absolute Gasteiger partial charge is 0.328 e. The zero-order valence-electron chi connectivity index (χ0n) is 18.7. The van der Waals surface area contributed by atoms with Gasteiger partial charge in [0, 0.05) is 13.1 Å². The van der Waals surface area contributed by atoms with E-state index in [1.165, 1.54) is 12.1 Å². The number of nitrogens with zero attached hydrogens (tertiary/aromatic N) is 1. The van der Waals surface area contributed by atoms with Crippen LogP contribution in [-0.4, -0.2) is 60.9 Å². The molecule has 1 aliphatic rings. The van der Waals surface area contributed by atoms with E-state index in [1.54, 1.807) is 18.2 Å². The van der Waals surface area contributed by atoms with E-state index < -0.39 is 40.0 Å². The molecule has 0 aromatic heterocycles. The van der Waals surface area contributed by atoms with E-state index in [-0.39, 0.29) is 36.9 Å². The Kier molecular flexibility index (Phi) is 8.24. The number of nitrogens with one attached hydrogen (secondary N) is 3. The number of carbonyl (C=O) groups excluding carboxylic acids is 2. The van der Waals surface area contributed by atoms with Crippen LogP contribution in [0.2, 0.25) is 0 Å². The molecule has 3 rings (SSSR count). The Balaban J connectivity index is 1.61. The number of carboxylic acids is 1. The van der Waals surface area contributed by atoms with E-state index in [0.717, 1.165) is 9.87 Å². The standard InChI is InChI=1S/C23H28N4O6S/c1-16-12-20(27(15-16)34(32,33)18-10-6-3-7-11-18)21(28)26-19(22(29)30)14-25-23(31)24-13-17-8-4-2-5-9-17/h2-11,16,19-20H,12-15H2,1H3,(H,26,28)(H,29,30)(H2,24,25,31)/t16-,19+,20+/m1/s1. The molecule has 182 valence electrons. The maximum Gasteiger partial charge on any atom is 0.328 e. The van der Waals surface area contributed by atoms with Gasteiger partial charge in [0.15, 0.2) is 0 Å². The zero-order chi connectivity index (χ0) is 24.7. The van der Waals surface area contributed by atoms with Crippen LogP contribution in [0.3, 0.4) is 0 Å². The van der Waals surface area contributed by atoms with E-state index in [0.29, 0.717) is 0 Å². The summed E-state index contributed by atoms with van der Waals surface area (Å²) < 4.78 is 27.3. The third kappa shape index (κ3) is 6.33. The van der Waals surface area contributed by atoms with Crippen LogP contribution in [0.1, 0.15) is 18.9 Å². The van der Waals surface area contributed by atoms with Gasteiger partial charge in [-0.2, -0.15) is 4.31 Å². The minimum Gasteiger partial charge on any atom is -0.480 e. The Morgan fingerprint density at radius 2 is 1.65 bits per heavy atom. The Morgan fingerprint density at radius 1 is 1.03 bits per heavy atom. The number of urea groups is 1. The van der Waals surface area contributed by atoms with Crippen molar-refractivity contribution in [2.24, 2.45) is 5.92 Å². The molecule has 0 aliphatic carbocycles. The normalized spacial score (nSPS) is 19.2. The Labute approximate surface area is 198 Å². The molecule has 3 atom stereocenters. The van der Waals surface area contributed by atoms with E-state index in [9.17, 15) is 27.9 Å². The molecule has 1 heterocycles. The molecular weight excluding hydrogens is 460 g/mol. The minimum atomic E-state index is -3.94. The second-order valence-electron chi connectivity index (χ2n) is 8.19. The quantitative estimate of drug-likeness (QED) is 0.417. The maximum atomic E-state index is 13.1. The van der Waals surface area contributed by atoms with Crippen molar-refractivity contribution in [1.82, 2.24) is 20.3 Å². The SMILES string of the molecule is C[C@@H]1C[C@@H](C(=O)N[C@@H](CNC(=O)NCc2ccccc2)C(=O)O)N(S(=O)(=O)c2ccccc2)C1. The molecular formula is C23H28N4O6S. The van der Waals surface area contributed by atoms with Gasteiger partial charge in [0.25, 0.3) is 0 Å². The number of hydrogen-bond acceptors (Lipinski definition) is 5. The van der Waals surface area contributed by atoms with E-state index in [2.05, 4.69) is 16.0 Å². The Hall–Kier alpha value is -3.44. The van der Waals surface area contributed by atoms with Crippen LogP contribution in [0.15, 0.2) is 65.6 Å². The van der Waals surface area contributed by atoms with Gasteiger partial charge in [0.2, 0.25) is 15.9 Å². The number of rotatable bonds is 9. The van der Waals surface area contributed by atoms with Crippen LogP contribution in [0.25, 0.3) is 0 Å². The van der Waals surface area contributed by atoms with Crippen molar-refractivity contribution < 1.29 is 27.9 Å². The first-order valence-electron chi connectivity index (χ1n) is 10.8. The minimum absolute atomic E-state index is 0.0634. The van der Waals surface area contributed by atoms with Crippen molar-refractivity contribution in [3.05, 3.63) is 66.2 Å². The summed E-state index contributed by atoms with van der Waals surface area (Å²) in [7, 11) is -3.94. The van der Waals surface area contributed by atoms with Crippen LogP contribution in [0, 0.1) is 5.92 Å². The number of carbonyl (C=O) groups is 3. The summed E-state index contributed by atoms with van der Waals surface area (Å²) in [5.41, 5.74) is 0.871. The highest BCUT2D eigenvalue weighted by Gasteiger charge is 2.43. The second-order valence-corrected chi connectivity index (χ2v) is 10.1. The number of carboxylic acid groups (broad SMARTS) is 1. The maximum absolute atomic E-state index is 13.1. The van der Waals surface area contributed by atoms with Gasteiger partial charge in [-0.1, -0.05) is 55.5 Å². The lowest BCUT2D eigenvalue weighted by Crippen LogP contribution is -2.54. The lowest BCUT2D eigenvalue weighted by atomic mass is 10.1. The Morgan fingerprint density at radius 3 is 2.26 bits per heavy atom. The largest absolute Gasteiger partial charge is 0.480 e. The number of hydrogen-bond donors (Lipinski definition) is 4. The number of amides is 3. The van der Waals surface area contributed by atoms with Crippen molar-refractivity contribution in [2.75, 3.05) is 13.1 Å². The molecule has 0 bridgehead atoms. The molecule has 0 spiro atoms. The number of sulfonamides is 1. The van der Waals surface area contributed by atoms with Crippen molar-refractivity contribution >= 4 is 27.9 Å². The van der Waals surface area contributed by atoms with Crippen molar-refractivity contribution in [2.45, 2.75) is 36.9 Å². The first-order chi connectivity index (χ1) is 16.2. The topological polar surface area (TPSA) is 145 Å². The van der Waals surface area contributed by atoms with Crippen LogP contribution in [0.5, 0.6) is 0 Å². The highest BCUT2D eigenvalue weighted by atomic mass is 32.2. The number of aliphatic carboxylic acids is 1. The fraction of sp³-hybridized carbons (Fsp3) is 0.348. The molecule has 4 N–H and O–H groups in total. The molecule has 34 heavy (non-hydrogen) atoms. The molecule has 0 radical (unpaired) electrons. The van der Waals surface area contributed by atoms with Gasteiger partial charge in [0.1, 0.15) is 12.1 Å². The van der Waals surface area contributed by atoms with Crippen molar-refractivity contribution in [1.29, 1.82) is 0 Å². The molecule has 1 fully saturated rings. The molecule has 2 aromatic rings. The van der Waals surface area contributed by atoms with Gasteiger partial charge in [0.05, 0.1) is 11.4 Å². The second kappa shape index (κ2) is 11.1. The van der Waals surface area contributed by atoms with E-state index >= 15 is 0 Å². The zero-order valence-corrected chi connectivity index (χ0v) is 19.5. The average Bonchev–Trinajstić information content (AvgIpc) is 3.24. The lowest BCUT2D eigenvalue weighted by Gasteiger charge is -2.25. The summed E-state index contributed by atoms with van der Waals surface area (Å²) >= 11 is 0. The molecule has 1 saturated heterocycles. The summed E-state index contributed by atoms with van der Waals surface area (Å²) in [6.45, 7) is 1.86. The van der Waals surface area contributed by atoms with Gasteiger partial charge in [-0.05, 0) is 30.0 Å². The summed E-state index contributed by atoms with van der Waals surface area (Å²) in [5, 5.41) is 16.9. The highest BCUT2D eigenvalue weighted by molar-refractivity contribution is 7.89. The van der Waals surface area contributed by atoms with Crippen LogP contribution < -0.4 is 16.0 Å². The monoisotopic (exact) mass is 488 g/mol. The van der Waals surface area contributed by atoms with Gasteiger partial charge in [-0.25, -0.2) is 18.0 Å². The Bertz CT molecular complexity index is 1110. The van der Waals surface area contributed by atoms with Crippen LogP contribution in [-0.2, 0) is 26.2 Å². The van der Waals surface area contributed by atoms with Gasteiger partial charge in [-0.3, -0.25) is 4.79 Å². The van der Waals surface area contributed by atoms with Gasteiger partial charge >= 0.3 is 12.0 Å². The third-order valence-corrected chi connectivity index (χ3v) is 7.38.